The largest absolute Gasteiger partial charge is 0.326 e. The molecular weight excluding hydrogens is 374 g/mol. The molecule has 0 saturated carbocycles. The maximum atomic E-state index is 12.7. The molecule has 0 aliphatic heterocycles. The van der Waals surface area contributed by atoms with Crippen molar-refractivity contribution in [2.75, 3.05) is 32.0 Å². The maximum absolute atomic E-state index is 12.7. The molecule has 28 heavy (non-hydrogen) atoms. The first-order valence-electron chi connectivity index (χ1n) is 9.53. The lowest BCUT2D eigenvalue weighted by atomic mass is 10.2. The van der Waals surface area contributed by atoms with Crippen molar-refractivity contribution in [2.24, 2.45) is 0 Å². The SMILES string of the molecule is CCN(CC)S(=O)(=O)c1ccc(C)c(NC(=O)C[NH+](C)Cc2ccccc2)c1. The lowest BCUT2D eigenvalue weighted by Gasteiger charge is -2.20. The predicted molar refractivity (Wildman–Crippen MR) is 112 cm³/mol. The summed E-state index contributed by atoms with van der Waals surface area (Å²) < 4.78 is 26.9. The van der Waals surface area contributed by atoms with Crippen LogP contribution >= 0.6 is 0 Å². The Kier molecular flexibility index (Phi) is 7.74. The molecule has 0 aliphatic rings. The summed E-state index contributed by atoms with van der Waals surface area (Å²) in [6, 6.07) is 14.9. The zero-order chi connectivity index (χ0) is 20.7. The Bertz CT molecular complexity index is 894. The second-order valence-electron chi connectivity index (χ2n) is 6.91. The first kappa shape index (κ1) is 22.1. The van der Waals surface area contributed by atoms with Crippen molar-refractivity contribution in [1.29, 1.82) is 0 Å². The van der Waals surface area contributed by atoms with Gasteiger partial charge in [0.25, 0.3) is 5.91 Å². The van der Waals surface area contributed by atoms with Crippen molar-refractivity contribution in [1.82, 2.24) is 4.31 Å². The molecule has 0 heterocycles. The molecule has 7 heteroatoms. The van der Waals surface area contributed by atoms with Gasteiger partial charge in [0, 0.05) is 24.3 Å². The fraction of sp³-hybridized carbons (Fsp3) is 0.381. The molecule has 2 aromatic carbocycles. The van der Waals surface area contributed by atoms with E-state index < -0.39 is 10.0 Å². The lowest BCUT2D eigenvalue weighted by molar-refractivity contribution is -0.885. The molecule has 0 aromatic heterocycles. The molecular formula is C21H30N3O3S+. The van der Waals surface area contributed by atoms with E-state index >= 15 is 0 Å². The standard InChI is InChI=1S/C21H29N3O3S/c1-5-24(6-2)28(26,27)19-13-12-17(3)20(14-19)22-21(25)16-23(4)15-18-10-8-7-9-11-18/h7-14H,5-6,15-16H2,1-4H3,(H,22,25)/p+1. The average Bonchev–Trinajstić information content (AvgIpc) is 2.64. The van der Waals surface area contributed by atoms with Crippen molar-refractivity contribution < 1.29 is 18.1 Å². The number of quaternary nitrogens is 1. The fourth-order valence-electron chi connectivity index (χ4n) is 3.08. The smallest absolute Gasteiger partial charge is 0.279 e. The van der Waals surface area contributed by atoms with E-state index in [0.29, 0.717) is 25.3 Å². The number of likely N-dealkylation sites (N-methyl/N-ethyl adjacent to an activating group) is 1. The quantitative estimate of drug-likeness (QED) is 0.668. The van der Waals surface area contributed by atoms with Crippen LogP contribution in [0.3, 0.4) is 0 Å². The highest BCUT2D eigenvalue weighted by Gasteiger charge is 2.22. The second kappa shape index (κ2) is 9.82. The van der Waals surface area contributed by atoms with E-state index in [1.807, 2.05) is 58.2 Å². The van der Waals surface area contributed by atoms with Gasteiger partial charge in [-0.3, -0.25) is 4.79 Å². The molecule has 1 unspecified atom stereocenters. The van der Waals surface area contributed by atoms with Gasteiger partial charge < -0.3 is 10.2 Å². The number of amides is 1. The van der Waals surface area contributed by atoms with Crippen molar-refractivity contribution >= 4 is 21.6 Å². The number of nitrogens with zero attached hydrogens (tertiary/aromatic N) is 1. The number of hydrogen-bond donors (Lipinski definition) is 2. The number of anilines is 1. The van der Waals surface area contributed by atoms with E-state index in [0.717, 1.165) is 22.6 Å². The van der Waals surface area contributed by atoms with E-state index in [9.17, 15) is 13.2 Å². The number of rotatable bonds is 9. The van der Waals surface area contributed by atoms with Crippen LogP contribution in [0.4, 0.5) is 5.69 Å². The van der Waals surface area contributed by atoms with Gasteiger partial charge in [-0.05, 0) is 24.6 Å². The van der Waals surface area contributed by atoms with Crippen molar-refractivity contribution in [3.8, 4) is 0 Å². The lowest BCUT2D eigenvalue weighted by Crippen LogP contribution is -3.08. The van der Waals surface area contributed by atoms with Crippen LogP contribution in [0.25, 0.3) is 0 Å². The van der Waals surface area contributed by atoms with Crippen molar-refractivity contribution in [3.05, 3.63) is 59.7 Å². The highest BCUT2D eigenvalue weighted by atomic mass is 32.2. The molecule has 0 bridgehead atoms. The van der Waals surface area contributed by atoms with Crippen LogP contribution in [0.2, 0.25) is 0 Å². The molecule has 2 aromatic rings. The van der Waals surface area contributed by atoms with Crippen molar-refractivity contribution in [3.63, 3.8) is 0 Å². The van der Waals surface area contributed by atoms with Gasteiger partial charge in [-0.25, -0.2) is 8.42 Å². The summed E-state index contributed by atoms with van der Waals surface area (Å²) in [6.45, 7) is 7.31. The van der Waals surface area contributed by atoms with Crippen LogP contribution in [-0.2, 0) is 21.4 Å². The highest BCUT2D eigenvalue weighted by molar-refractivity contribution is 7.89. The van der Waals surface area contributed by atoms with Crippen LogP contribution in [0.5, 0.6) is 0 Å². The number of carbonyl (C=O) groups excluding carboxylic acids is 1. The van der Waals surface area contributed by atoms with E-state index in [1.54, 1.807) is 18.2 Å². The van der Waals surface area contributed by atoms with Crippen LogP contribution in [0.1, 0.15) is 25.0 Å². The normalized spacial score (nSPS) is 12.8. The molecule has 6 nitrogen and oxygen atoms in total. The molecule has 0 spiro atoms. The Balaban J connectivity index is 2.10. The Morgan fingerprint density at radius 3 is 2.32 bits per heavy atom. The van der Waals surface area contributed by atoms with Gasteiger partial charge in [-0.1, -0.05) is 50.2 Å². The third-order valence-corrected chi connectivity index (χ3v) is 6.68. The number of sulfonamides is 1. The summed E-state index contributed by atoms with van der Waals surface area (Å²) in [5.41, 5.74) is 2.52. The average molecular weight is 405 g/mol. The molecule has 1 amide bonds. The molecule has 2 N–H and O–H groups in total. The molecule has 0 aliphatic carbocycles. The van der Waals surface area contributed by atoms with E-state index in [1.165, 1.54) is 4.31 Å². The zero-order valence-electron chi connectivity index (χ0n) is 17.0. The monoisotopic (exact) mass is 404 g/mol. The summed E-state index contributed by atoms with van der Waals surface area (Å²) in [6.07, 6.45) is 0. The fourth-order valence-corrected chi connectivity index (χ4v) is 4.57. The van der Waals surface area contributed by atoms with Crippen molar-refractivity contribution in [2.45, 2.75) is 32.2 Å². The zero-order valence-corrected chi connectivity index (χ0v) is 17.8. The number of aryl methyl sites for hydroxylation is 1. The van der Waals surface area contributed by atoms with Gasteiger partial charge in [0.2, 0.25) is 10.0 Å². The molecule has 0 radical (unpaired) electrons. The van der Waals surface area contributed by atoms with Crippen LogP contribution < -0.4 is 10.2 Å². The minimum Gasteiger partial charge on any atom is -0.326 e. The van der Waals surface area contributed by atoms with Gasteiger partial charge in [0.1, 0.15) is 6.54 Å². The number of hydrogen-bond acceptors (Lipinski definition) is 3. The summed E-state index contributed by atoms with van der Waals surface area (Å²) >= 11 is 0. The number of carbonyl (C=O) groups is 1. The summed E-state index contributed by atoms with van der Waals surface area (Å²) in [5, 5.41) is 2.87. The summed E-state index contributed by atoms with van der Waals surface area (Å²) in [4.78, 5) is 13.7. The third-order valence-electron chi connectivity index (χ3n) is 4.64. The van der Waals surface area contributed by atoms with Gasteiger partial charge in [-0.15, -0.1) is 0 Å². The second-order valence-corrected chi connectivity index (χ2v) is 8.85. The van der Waals surface area contributed by atoms with E-state index in [2.05, 4.69) is 5.32 Å². The van der Waals surface area contributed by atoms with Gasteiger partial charge in [0.05, 0.1) is 11.9 Å². The van der Waals surface area contributed by atoms with E-state index in [4.69, 9.17) is 0 Å². The molecule has 1 atom stereocenters. The summed E-state index contributed by atoms with van der Waals surface area (Å²) in [5.74, 6) is -0.145. The summed E-state index contributed by atoms with van der Waals surface area (Å²) in [7, 11) is -1.60. The number of nitrogens with one attached hydrogen (secondary N) is 2. The van der Waals surface area contributed by atoms with E-state index in [-0.39, 0.29) is 10.8 Å². The first-order valence-corrected chi connectivity index (χ1v) is 11.0. The topological polar surface area (TPSA) is 70.9 Å². The minimum atomic E-state index is -3.56. The van der Waals surface area contributed by atoms with Gasteiger partial charge >= 0.3 is 0 Å². The Hall–Kier alpha value is -2.22. The Morgan fingerprint density at radius 1 is 1.07 bits per heavy atom. The highest BCUT2D eigenvalue weighted by Crippen LogP contribution is 2.22. The third kappa shape index (κ3) is 5.64. The van der Waals surface area contributed by atoms with Crippen LogP contribution in [0.15, 0.2) is 53.4 Å². The molecule has 2 rings (SSSR count). The molecule has 0 fully saturated rings. The number of benzene rings is 2. The molecule has 0 saturated heterocycles. The Morgan fingerprint density at radius 2 is 1.71 bits per heavy atom. The van der Waals surface area contributed by atoms with Gasteiger partial charge in [0.15, 0.2) is 6.54 Å². The predicted octanol–water partition coefficient (Wildman–Crippen LogP) is 1.68. The maximum Gasteiger partial charge on any atom is 0.279 e. The van der Waals surface area contributed by atoms with Crippen LogP contribution in [0, 0.1) is 6.92 Å². The van der Waals surface area contributed by atoms with Gasteiger partial charge in [-0.2, -0.15) is 4.31 Å². The van der Waals surface area contributed by atoms with Crippen LogP contribution in [-0.4, -0.2) is 45.3 Å². The minimum absolute atomic E-state index is 0.145. The molecule has 152 valence electrons. The first-order chi connectivity index (χ1) is 13.3. The Labute approximate surface area is 168 Å².